The van der Waals surface area contributed by atoms with Crippen LogP contribution < -0.4 is 5.14 Å². The highest BCUT2D eigenvalue weighted by atomic mass is 32.2. The number of fused-ring (bicyclic) bond motifs is 1. The van der Waals surface area contributed by atoms with Crippen molar-refractivity contribution < 1.29 is 8.42 Å². The summed E-state index contributed by atoms with van der Waals surface area (Å²) in [7, 11) is -3.89. The first-order valence-electron chi connectivity index (χ1n) is 5.83. The molecule has 6 nitrogen and oxygen atoms in total. The van der Waals surface area contributed by atoms with Crippen LogP contribution in [0.1, 0.15) is 19.9 Å². The van der Waals surface area contributed by atoms with Gasteiger partial charge in [0.15, 0.2) is 5.82 Å². The van der Waals surface area contributed by atoms with Crippen LogP contribution in [0.5, 0.6) is 0 Å². The summed E-state index contributed by atoms with van der Waals surface area (Å²) >= 11 is 3.20. The molecule has 3 heterocycles. The Labute approximate surface area is 123 Å². The Hall–Kier alpha value is -1.29. The Balaban J connectivity index is 2.24. The third kappa shape index (κ3) is 2.16. The molecule has 0 saturated heterocycles. The van der Waals surface area contributed by atoms with E-state index in [2.05, 4.69) is 10.2 Å². The normalized spacial score (nSPS) is 12.6. The Bertz CT molecular complexity index is 844. The third-order valence-electron chi connectivity index (χ3n) is 2.80. The number of primary sulfonamides is 1. The van der Waals surface area contributed by atoms with E-state index in [1.54, 1.807) is 27.2 Å². The van der Waals surface area contributed by atoms with Crippen LogP contribution >= 0.6 is 22.7 Å². The first kappa shape index (κ1) is 13.7. The van der Waals surface area contributed by atoms with E-state index in [9.17, 15) is 8.42 Å². The van der Waals surface area contributed by atoms with E-state index in [4.69, 9.17) is 5.14 Å². The van der Waals surface area contributed by atoms with E-state index in [0.717, 1.165) is 14.3 Å². The smallest absolute Gasteiger partial charge is 0.273 e. The van der Waals surface area contributed by atoms with Crippen LogP contribution in [-0.2, 0) is 10.0 Å². The quantitative estimate of drug-likeness (QED) is 0.799. The summed E-state index contributed by atoms with van der Waals surface area (Å²) in [5, 5.41) is 14.8. The van der Waals surface area contributed by atoms with Crippen LogP contribution in [0.3, 0.4) is 0 Å². The molecule has 0 saturated carbocycles. The maximum atomic E-state index is 11.6. The molecule has 3 aromatic rings. The first-order chi connectivity index (χ1) is 9.38. The van der Waals surface area contributed by atoms with Crippen molar-refractivity contribution in [3.8, 4) is 10.7 Å². The van der Waals surface area contributed by atoms with Crippen molar-refractivity contribution in [3.05, 3.63) is 17.5 Å². The topological polar surface area (TPSA) is 90.9 Å². The van der Waals surface area contributed by atoms with Crippen molar-refractivity contribution in [1.29, 1.82) is 0 Å². The lowest BCUT2D eigenvalue weighted by molar-refractivity contribution is 0.525. The standard InChI is InChI=1S/C11H12N4O2S3/c1-6(2)15-10(13-14-11(15)20(12,16)17)9-5-8-7(19-9)3-4-18-8/h3-6H,1-2H3,(H2,12,16,17). The minimum atomic E-state index is -3.89. The lowest BCUT2D eigenvalue weighted by atomic mass is 10.3. The SMILES string of the molecule is CC(C)n1c(-c2cc3sccc3s2)nnc1S(N)(=O)=O. The molecule has 2 N–H and O–H groups in total. The number of nitrogens with two attached hydrogens (primary N) is 1. The number of sulfonamides is 1. The Morgan fingerprint density at radius 3 is 2.65 bits per heavy atom. The molecular weight excluding hydrogens is 316 g/mol. The zero-order chi connectivity index (χ0) is 14.5. The molecule has 3 rings (SSSR count). The maximum Gasteiger partial charge on any atom is 0.273 e. The monoisotopic (exact) mass is 328 g/mol. The van der Waals surface area contributed by atoms with Gasteiger partial charge in [0.25, 0.3) is 15.2 Å². The predicted molar refractivity (Wildman–Crippen MR) is 80.5 cm³/mol. The zero-order valence-corrected chi connectivity index (χ0v) is 13.2. The largest absolute Gasteiger partial charge is 0.294 e. The van der Waals surface area contributed by atoms with Crippen molar-refractivity contribution in [2.75, 3.05) is 0 Å². The molecule has 0 fully saturated rings. The summed E-state index contributed by atoms with van der Waals surface area (Å²) in [6, 6.07) is 3.93. The second-order valence-electron chi connectivity index (χ2n) is 4.57. The van der Waals surface area contributed by atoms with Gasteiger partial charge >= 0.3 is 0 Å². The molecule has 0 aliphatic heterocycles. The molecule has 0 aliphatic rings. The summed E-state index contributed by atoms with van der Waals surface area (Å²) in [6.07, 6.45) is 0. The van der Waals surface area contributed by atoms with E-state index in [1.807, 2.05) is 31.4 Å². The molecule has 0 amide bonds. The summed E-state index contributed by atoms with van der Waals surface area (Å²) in [5.74, 6) is 0.539. The molecule has 0 atom stereocenters. The number of hydrogen-bond acceptors (Lipinski definition) is 6. The maximum absolute atomic E-state index is 11.6. The Kier molecular flexibility index (Phi) is 3.16. The number of thiophene rings is 2. The van der Waals surface area contributed by atoms with Crippen LogP contribution in [0.4, 0.5) is 0 Å². The van der Waals surface area contributed by atoms with Gasteiger partial charge in [-0.25, -0.2) is 13.6 Å². The number of rotatable bonds is 3. The van der Waals surface area contributed by atoms with E-state index in [-0.39, 0.29) is 11.2 Å². The van der Waals surface area contributed by atoms with E-state index in [0.29, 0.717) is 5.82 Å². The lowest BCUT2D eigenvalue weighted by Crippen LogP contribution is -2.19. The van der Waals surface area contributed by atoms with Crippen molar-refractivity contribution in [1.82, 2.24) is 14.8 Å². The van der Waals surface area contributed by atoms with Gasteiger partial charge in [-0.1, -0.05) is 0 Å². The zero-order valence-electron chi connectivity index (χ0n) is 10.8. The highest BCUT2D eigenvalue weighted by molar-refractivity contribution is 7.89. The molecule has 106 valence electrons. The average molecular weight is 328 g/mol. The minimum absolute atomic E-state index is 0.103. The highest BCUT2D eigenvalue weighted by Gasteiger charge is 2.24. The fourth-order valence-electron chi connectivity index (χ4n) is 1.98. The van der Waals surface area contributed by atoms with Gasteiger partial charge < -0.3 is 0 Å². The number of aromatic nitrogens is 3. The van der Waals surface area contributed by atoms with Gasteiger partial charge in [-0.15, -0.1) is 32.9 Å². The fraction of sp³-hybridized carbons (Fsp3) is 0.273. The van der Waals surface area contributed by atoms with Gasteiger partial charge in [0.2, 0.25) is 0 Å². The van der Waals surface area contributed by atoms with Gasteiger partial charge in [-0.05, 0) is 31.4 Å². The minimum Gasteiger partial charge on any atom is -0.294 e. The van der Waals surface area contributed by atoms with Gasteiger partial charge in [0.05, 0.1) is 4.88 Å². The van der Waals surface area contributed by atoms with Gasteiger partial charge in [0.1, 0.15) is 0 Å². The molecule has 0 radical (unpaired) electrons. The molecule has 0 aliphatic carbocycles. The van der Waals surface area contributed by atoms with Gasteiger partial charge in [-0.2, -0.15) is 0 Å². The van der Waals surface area contributed by atoms with E-state index in [1.165, 1.54) is 0 Å². The molecule has 20 heavy (non-hydrogen) atoms. The molecule has 0 spiro atoms. The second kappa shape index (κ2) is 4.62. The Morgan fingerprint density at radius 1 is 1.30 bits per heavy atom. The van der Waals surface area contributed by atoms with Crippen molar-refractivity contribution in [2.45, 2.75) is 25.0 Å². The molecule has 0 bridgehead atoms. The molecular formula is C11H12N4O2S3. The lowest BCUT2D eigenvalue weighted by Gasteiger charge is -2.11. The van der Waals surface area contributed by atoms with Crippen LogP contribution in [0, 0.1) is 0 Å². The molecule has 9 heteroatoms. The van der Waals surface area contributed by atoms with Gasteiger partial charge in [0, 0.05) is 15.4 Å². The third-order valence-corrected chi connectivity index (χ3v) is 5.67. The van der Waals surface area contributed by atoms with Gasteiger partial charge in [-0.3, -0.25) is 4.57 Å². The Morgan fingerprint density at radius 2 is 2.05 bits per heavy atom. The number of hydrogen-bond donors (Lipinski definition) is 1. The molecule has 0 unspecified atom stereocenters. The second-order valence-corrected chi connectivity index (χ2v) is 8.06. The van der Waals surface area contributed by atoms with Crippen LogP contribution in [0.25, 0.3) is 20.1 Å². The van der Waals surface area contributed by atoms with Crippen molar-refractivity contribution in [2.24, 2.45) is 5.14 Å². The molecule has 3 aromatic heterocycles. The fourth-order valence-corrected chi connectivity index (χ4v) is 4.80. The first-order valence-corrected chi connectivity index (χ1v) is 9.07. The van der Waals surface area contributed by atoms with Crippen molar-refractivity contribution in [3.63, 3.8) is 0 Å². The predicted octanol–water partition coefficient (Wildman–Crippen LogP) is 2.45. The number of nitrogens with zero attached hydrogens (tertiary/aromatic N) is 3. The van der Waals surface area contributed by atoms with Crippen LogP contribution in [0.2, 0.25) is 0 Å². The van der Waals surface area contributed by atoms with Crippen LogP contribution in [0.15, 0.2) is 22.7 Å². The summed E-state index contributed by atoms with van der Waals surface area (Å²) in [4.78, 5) is 0.892. The summed E-state index contributed by atoms with van der Waals surface area (Å²) in [5.41, 5.74) is 0. The van der Waals surface area contributed by atoms with Crippen LogP contribution in [-0.4, -0.2) is 23.2 Å². The van der Waals surface area contributed by atoms with E-state index < -0.39 is 10.0 Å². The average Bonchev–Trinajstić information content (AvgIpc) is 2.99. The van der Waals surface area contributed by atoms with Crippen molar-refractivity contribution >= 4 is 42.1 Å². The molecule has 0 aromatic carbocycles. The summed E-state index contributed by atoms with van der Waals surface area (Å²) in [6.45, 7) is 3.75. The van der Waals surface area contributed by atoms with E-state index >= 15 is 0 Å². The summed E-state index contributed by atoms with van der Waals surface area (Å²) < 4.78 is 27.0. The highest BCUT2D eigenvalue weighted by Crippen LogP contribution is 2.36.